The fourth-order valence-electron chi connectivity index (χ4n) is 1.58. The second-order valence-electron chi connectivity index (χ2n) is 3.80. The van der Waals surface area contributed by atoms with E-state index in [0.29, 0.717) is 0 Å². The zero-order valence-electron chi connectivity index (χ0n) is 9.71. The van der Waals surface area contributed by atoms with Gasteiger partial charge in [0.2, 0.25) is 0 Å². The van der Waals surface area contributed by atoms with E-state index in [1.807, 2.05) is 48.5 Å². The molecule has 0 aliphatic heterocycles. The van der Waals surface area contributed by atoms with Crippen LogP contribution in [0, 0.1) is 11.3 Å². The molecule has 0 N–H and O–H groups in total. The number of halogens is 1. The van der Waals surface area contributed by atoms with Crippen LogP contribution in [-0.2, 0) is 0 Å². The normalized spacial score (nSPS) is 11.6. The Morgan fingerprint density at radius 2 is 1.61 bits per heavy atom. The summed E-state index contributed by atoms with van der Waals surface area (Å²) in [5, 5.41) is 7.93. The van der Waals surface area contributed by atoms with Crippen molar-refractivity contribution < 1.29 is 4.74 Å². The monoisotopic (exact) mass is 257 g/mol. The molecule has 0 aromatic heterocycles. The molecule has 0 aliphatic rings. The van der Waals surface area contributed by atoms with Gasteiger partial charge >= 0.3 is 0 Å². The van der Waals surface area contributed by atoms with Crippen LogP contribution in [0.3, 0.4) is 0 Å². The number of hydrogen-bond acceptors (Lipinski definition) is 2. The summed E-state index contributed by atoms with van der Waals surface area (Å²) in [5.74, 6) is 0.718. The highest BCUT2D eigenvalue weighted by molar-refractivity contribution is 6.22. The SMILES string of the molecule is N#CC(Cl)COc1ccc(-c2ccccc2)cc1. The molecule has 0 saturated carbocycles. The molecule has 2 rings (SSSR count). The fraction of sp³-hybridized carbons (Fsp3) is 0.133. The Morgan fingerprint density at radius 3 is 2.22 bits per heavy atom. The maximum atomic E-state index is 8.54. The van der Waals surface area contributed by atoms with Crippen molar-refractivity contribution in [3.63, 3.8) is 0 Å². The summed E-state index contributed by atoms with van der Waals surface area (Å²) < 4.78 is 5.40. The molecule has 0 heterocycles. The number of alkyl halides is 1. The van der Waals surface area contributed by atoms with E-state index in [0.717, 1.165) is 16.9 Å². The third-order valence-electron chi connectivity index (χ3n) is 2.50. The summed E-state index contributed by atoms with van der Waals surface area (Å²) >= 11 is 5.66. The van der Waals surface area contributed by atoms with Gasteiger partial charge in [0.15, 0.2) is 5.38 Å². The average molecular weight is 258 g/mol. The zero-order valence-corrected chi connectivity index (χ0v) is 10.5. The molecule has 0 radical (unpaired) electrons. The largest absolute Gasteiger partial charge is 0.491 e. The lowest BCUT2D eigenvalue weighted by molar-refractivity contribution is 0.329. The molecular weight excluding hydrogens is 246 g/mol. The first-order valence-electron chi connectivity index (χ1n) is 5.61. The van der Waals surface area contributed by atoms with Crippen molar-refractivity contribution in [3.05, 3.63) is 54.6 Å². The van der Waals surface area contributed by atoms with Crippen LogP contribution in [0.4, 0.5) is 0 Å². The second kappa shape index (κ2) is 6.09. The van der Waals surface area contributed by atoms with Crippen LogP contribution in [0.5, 0.6) is 5.75 Å². The van der Waals surface area contributed by atoms with E-state index in [1.165, 1.54) is 0 Å². The predicted molar refractivity (Wildman–Crippen MR) is 72.6 cm³/mol. The van der Waals surface area contributed by atoms with Gasteiger partial charge in [-0.15, -0.1) is 11.6 Å². The summed E-state index contributed by atoms with van der Waals surface area (Å²) in [7, 11) is 0. The van der Waals surface area contributed by atoms with E-state index in [2.05, 4.69) is 12.1 Å². The van der Waals surface area contributed by atoms with Crippen molar-refractivity contribution in [3.8, 4) is 22.9 Å². The van der Waals surface area contributed by atoms with E-state index >= 15 is 0 Å². The van der Waals surface area contributed by atoms with Gasteiger partial charge in [-0.1, -0.05) is 42.5 Å². The highest BCUT2D eigenvalue weighted by Gasteiger charge is 2.03. The highest BCUT2D eigenvalue weighted by Crippen LogP contribution is 2.22. The second-order valence-corrected chi connectivity index (χ2v) is 4.32. The first-order valence-corrected chi connectivity index (χ1v) is 6.05. The van der Waals surface area contributed by atoms with Gasteiger partial charge in [-0.25, -0.2) is 0 Å². The molecule has 18 heavy (non-hydrogen) atoms. The molecule has 0 fully saturated rings. The molecule has 0 bridgehead atoms. The molecule has 2 aromatic rings. The number of nitrogens with zero attached hydrogens (tertiary/aromatic N) is 1. The summed E-state index contributed by atoms with van der Waals surface area (Å²) in [6.07, 6.45) is 0. The van der Waals surface area contributed by atoms with Crippen LogP contribution in [0.15, 0.2) is 54.6 Å². The molecular formula is C15H12ClNO. The summed E-state index contributed by atoms with van der Waals surface area (Å²) in [5.41, 5.74) is 2.29. The molecule has 0 amide bonds. The summed E-state index contributed by atoms with van der Waals surface area (Å²) in [6, 6.07) is 19.8. The van der Waals surface area contributed by atoms with Crippen molar-refractivity contribution >= 4 is 11.6 Å². The van der Waals surface area contributed by atoms with Crippen molar-refractivity contribution in [2.24, 2.45) is 0 Å². The Bertz CT molecular complexity index is 531. The third-order valence-corrected chi connectivity index (χ3v) is 2.72. The van der Waals surface area contributed by atoms with E-state index in [4.69, 9.17) is 21.6 Å². The maximum Gasteiger partial charge on any atom is 0.154 e. The Balaban J connectivity index is 2.05. The number of benzene rings is 2. The lowest BCUT2D eigenvalue weighted by Crippen LogP contribution is -2.08. The number of ether oxygens (including phenoxy) is 1. The zero-order chi connectivity index (χ0) is 12.8. The minimum Gasteiger partial charge on any atom is -0.491 e. The van der Waals surface area contributed by atoms with E-state index < -0.39 is 5.38 Å². The third kappa shape index (κ3) is 3.26. The number of hydrogen-bond donors (Lipinski definition) is 0. The highest BCUT2D eigenvalue weighted by atomic mass is 35.5. The van der Waals surface area contributed by atoms with Crippen LogP contribution >= 0.6 is 11.6 Å². The van der Waals surface area contributed by atoms with E-state index in [1.54, 1.807) is 0 Å². The quantitative estimate of drug-likeness (QED) is 0.779. The van der Waals surface area contributed by atoms with Gasteiger partial charge in [0, 0.05) is 0 Å². The molecule has 0 saturated heterocycles. The first kappa shape index (κ1) is 12.5. The minimum atomic E-state index is -0.612. The Hall–Kier alpha value is -1.98. The van der Waals surface area contributed by atoms with Gasteiger partial charge in [-0.2, -0.15) is 5.26 Å². The van der Waals surface area contributed by atoms with E-state index in [-0.39, 0.29) is 6.61 Å². The van der Waals surface area contributed by atoms with Crippen LogP contribution in [-0.4, -0.2) is 12.0 Å². The van der Waals surface area contributed by atoms with Gasteiger partial charge in [0.05, 0.1) is 6.07 Å². The molecule has 1 unspecified atom stereocenters. The Morgan fingerprint density at radius 1 is 1.00 bits per heavy atom. The van der Waals surface area contributed by atoms with Gasteiger partial charge < -0.3 is 4.74 Å². The van der Waals surface area contributed by atoms with Gasteiger partial charge in [-0.3, -0.25) is 0 Å². The molecule has 0 aliphatic carbocycles. The van der Waals surface area contributed by atoms with Crippen molar-refractivity contribution in [2.45, 2.75) is 5.38 Å². The molecule has 2 aromatic carbocycles. The smallest absolute Gasteiger partial charge is 0.154 e. The maximum absolute atomic E-state index is 8.54. The molecule has 2 nitrogen and oxygen atoms in total. The van der Waals surface area contributed by atoms with Gasteiger partial charge in [-0.05, 0) is 23.3 Å². The standard InChI is InChI=1S/C15H12ClNO/c16-14(10-17)11-18-15-8-6-13(7-9-15)12-4-2-1-3-5-12/h1-9,14H,11H2. The molecule has 3 heteroatoms. The summed E-state index contributed by atoms with van der Waals surface area (Å²) in [4.78, 5) is 0. The lowest BCUT2D eigenvalue weighted by atomic mass is 10.1. The number of nitriles is 1. The van der Waals surface area contributed by atoms with E-state index in [9.17, 15) is 0 Å². The van der Waals surface area contributed by atoms with Crippen molar-refractivity contribution in [1.29, 1.82) is 5.26 Å². The van der Waals surface area contributed by atoms with Crippen LogP contribution < -0.4 is 4.74 Å². The average Bonchev–Trinajstić information content (AvgIpc) is 2.46. The lowest BCUT2D eigenvalue weighted by Gasteiger charge is -2.07. The van der Waals surface area contributed by atoms with Crippen LogP contribution in [0.2, 0.25) is 0 Å². The van der Waals surface area contributed by atoms with Gasteiger partial charge in [0.25, 0.3) is 0 Å². The minimum absolute atomic E-state index is 0.197. The molecule has 0 spiro atoms. The van der Waals surface area contributed by atoms with Crippen molar-refractivity contribution in [1.82, 2.24) is 0 Å². The van der Waals surface area contributed by atoms with Gasteiger partial charge in [0.1, 0.15) is 12.4 Å². The number of rotatable bonds is 4. The summed E-state index contributed by atoms with van der Waals surface area (Å²) in [6.45, 7) is 0.197. The Kier molecular flexibility index (Phi) is 4.22. The van der Waals surface area contributed by atoms with Crippen LogP contribution in [0.25, 0.3) is 11.1 Å². The predicted octanol–water partition coefficient (Wildman–Crippen LogP) is 3.86. The van der Waals surface area contributed by atoms with Crippen LogP contribution in [0.1, 0.15) is 0 Å². The molecule has 90 valence electrons. The fourth-order valence-corrected chi connectivity index (χ4v) is 1.64. The first-order chi connectivity index (χ1) is 8.79. The topological polar surface area (TPSA) is 33.0 Å². The molecule has 1 atom stereocenters. The van der Waals surface area contributed by atoms with Crippen molar-refractivity contribution in [2.75, 3.05) is 6.61 Å². The Labute approximate surface area is 111 Å².